The largest absolute Gasteiger partial charge is 0.480 e. The van der Waals surface area contributed by atoms with E-state index in [1.807, 2.05) is 19.9 Å². The maximum atomic E-state index is 11.2. The number of primary amides is 1. The molecule has 1 aromatic rings. The third-order valence-electron chi connectivity index (χ3n) is 3.06. The number of carbonyl (C=O) groups is 1. The lowest BCUT2D eigenvalue weighted by atomic mass is 9.91. The number of nitrogens with zero attached hydrogens (tertiary/aromatic N) is 1. The highest BCUT2D eigenvalue weighted by molar-refractivity contribution is 5.93. The standard InChI is InChI=1S/C14H18N2O3/c1-3-19-12-8-18-9-14(2,16-12)11-6-4-5-10(7-11)13(15)17/h4-7H,3,8-9H2,1-2H3,(H2,15,17). The van der Waals surface area contributed by atoms with Crippen molar-refractivity contribution in [2.45, 2.75) is 19.4 Å². The van der Waals surface area contributed by atoms with Gasteiger partial charge in [-0.3, -0.25) is 4.79 Å². The fourth-order valence-electron chi connectivity index (χ4n) is 2.07. The molecule has 0 radical (unpaired) electrons. The van der Waals surface area contributed by atoms with Crippen molar-refractivity contribution < 1.29 is 14.3 Å². The molecule has 19 heavy (non-hydrogen) atoms. The van der Waals surface area contributed by atoms with Gasteiger partial charge in [-0.25, -0.2) is 4.99 Å². The molecule has 5 nitrogen and oxygen atoms in total. The Hall–Kier alpha value is -1.88. The molecular weight excluding hydrogens is 244 g/mol. The van der Waals surface area contributed by atoms with Crippen LogP contribution in [0.3, 0.4) is 0 Å². The molecule has 0 fully saturated rings. The molecule has 2 N–H and O–H groups in total. The third kappa shape index (κ3) is 2.93. The maximum Gasteiger partial charge on any atom is 0.248 e. The Bertz CT molecular complexity index is 513. The normalized spacial score (nSPS) is 22.7. The van der Waals surface area contributed by atoms with Gasteiger partial charge in [0.1, 0.15) is 12.1 Å². The molecule has 5 heteroatoms. The number of hydrogen-bond donors (Lipinski definition) is 1. The lowest BCUT2D eigenvalue weighted by Gasteiger charge is -2.30. The van der Waals surface area contributed by atoms with Gasteiger partial charge in [-0.15, -0.1) is 0 Å². The molecule has 1 atom stereocenters. The first-order valence-electron chi connectivity index (χ1n) is 6.25. The molecule has 0 bridgehead atoms. The van der Waals surface area contributed by atoms with Crippen molar-refractivity contribution in [1.29, 1.82) is 0 Å². The third-order valence-corrected chi connectivity index (χ3v) is 3.06. The molecule has 2 rings (SSSR count). The summed E-state index contributed by atoms with van der Waals surface area (Å²) in [6.07, 6.45) is 0. The second kappa shape index (κ2) is 5.40. The maximum absolute atomic E-state index is 11.2. The van der Waals surface area contributed by atoms with Crippen LogP contribution in [0.15, 0.2) is 29.3 Å². The van der Waals surface area contributed by atoms with Gasteiger partial charge in [0.25, 0.3) is 0 Å². The molecule has 102 valence electrons. The van der Waals surface area contributed by atoms with Gasteiger partial charge >= 0.3 is 0 Å². The van der Waals surface area contributed by atoms with E-state index < -0.39 is 11.4 Å². The number of benzene rings is 1. The zero-order chi connectivity index (χ0) is 13.9. The minimum absolute atomic E-state index is 0.388. The van der Waals surface area contributed by atoms with Crippen molar-refractivity contribution in [2.75, 3.05) is 19.8 Å². The zero-order valence-corrected chi connectivity index (χ0v) is 11.2. The topological polar surface area (TPSA) is 73.9 Å². The van der Waals surface area contributed by atoms with Gasteiger partial charge < -0.3 is 15.2 Å². The number of nitrogens with two attached hydrogens (primary N) is 1. The number of ether oxygens (including phenoxy) is 2. The quantitative estimate of drug-likeness (QED) is 0.896. The summed E-state index contributed by atoms with van der Waals surface area (Å²) in [5.41, 5.74) is 6.11. The van der Waals surface area contributed by atoms with E-state index in [2.05, 4.69) is 4.99 Å². The Labute approximate surface area is 112 Å². The van der Waals surface area contributed by atoms with Crippen molar-refractivity contribution in [2.24, 2.45) is 10.7 Å². The number of rotatable bonds is 3. The summed E-state index contributed by atoms with van der Waals surface area (Å²) >= 11 is 0. The van der Waals surface area contributed by atoms with E-state index in [1.165, 1.54) is 0 Å². The van der Waals surface area contributed by atoms with Gasteiger partial charge in [0.05, 0.1) is 13.2 Å². The Morgan fingerprint density at radius 2 is 2.37 bits per heavy atom. The van der Waals surface area contributed by atoms with Crippen LogP contribution < -0.4 is 5.73 Å². The summed E-state index contributed by atoms with van der Waals surface area (Å²) in [5, 5.41) is 0. The SMILES string of the molecule is CCOC1=NC(C)(c2cccc(C(N)=O)c2)COC1. The average Bonchev–Trinajstić information content (AvgIpc) is 2.39. The van der Waals surface area contributed by atoms with Gasteiger partial charge in [0.2, 0.25) is 11.8 Å². The second-order valence-electron chi connectivity index (χ2n) is 4.65. The van der Waals surface area contributed by atoms with Crippen molar-refractivity contribution in [3.8, 4) is 0 Å². The molecule has 1 heterocycles. The number of hydrogen-bond acceptors (Lipinski definition) is 4. The molecule has 0 aromatic heterocycles. The van der Waals surface area contributed by atoms with Crippen molar-refractivity contribution in [3.63, 3.8) is 0 Å². The predicted octanol–water partition coefficient (Wildman–Crippen LogP) is 1.47. The molecular formula is C14H18N2O3. The Kier molecular flexibility index (Phi) is 3.85. The van der Waals surface area contributed by atoms with Crippen molar-refractivity contribution >= 4 is 11.8 Å². The number of amides is 1. The molecule has 1 aliphatic heterocycles. The van der Waals surface area contributed by atoms with E-state index >= 15 is 0 Å². The minimum Gasteiger partial charge on any atom is -0.480 e. The number of carbonyl (C=O) groups excluding carboxylic acids is 1. The Morgan fingerprint density at radius 3 is 3.05 bits per heavy atom. The highest BCUT2D eigenvalue weighted by Crippen LogP contribution is 2.29. The van der Waals surface area contributed by atoms with Crippen LogP contribution >= 0.6 is 0 Å². The summed E-state index contributed by atoms with van der Waals surface area (Å²) in [5.74, 6) is 0.136. The highest BCUT2D eigenvalue weighted by Gasteiger charge is 2.31. The predicted molar refractivity (Wildman–Crippen MR) is 72.2 cm³/mol. The van der Waals surface area contributed by atoms with E-state index in [0.29, 0.717) is 31.3 Å². The van der Waals surface area contributed by atoms with Crippen LogP contribution in [0.5, 0.6) is 0 Å². The zero-order valence-electron chi connectivity index (χ0n) is 11.2. The van der Waals surface area contributed by atoms with Gasteiger partial charge in [-0.05, 0) is 31.5 Å². The van der Waals surface area contributed by atoms with Crippen molar-refractivity contribution in [1.82, 2.24) is 0 Å². The fraction of sp³-hybridized carbons (Fsp3) is 0.429. The Balaban J connectivity index is 2.36. The minimum atomic E-state index is -0.547. The van der Waals surface area contributed by atoms with Gasteiger partial charge in [0, 0.05) is 5.56 Å². The molecule has 1 unspecified atom stereocenters. The van der Waals surface area contributed by atoms with Gasteiger partial charge in [0.15, 0.2) is 0 Å². The first-order chi connectivity index (χ1) is 9.05. The van der Waals surface area contributed by atoms with E-state index in [4.69, 9.17) is 15.2 Å². The van der Waals surface area contributed by atoms with Crippen LogP contribution in [0.25, 0.3) is 0 Å². The lowest BCUT2D eigenvalue weighted by molar-refractivity contribution is 0.0860. The first kappa shape index (κ1) is 13.5. The van der Waals surface area contributed by atoms with Gasteiger partial charge in [-0.2, -0.15) is 0 Å². The molecule has 0 spiro atoms. The monoisotopic (exact) mass is 262 g/mol. The Morgan fingerprint density at radius 1 is 1.58 bits per heavy atom. The van der Waals surface area contributed by atoms with Crippen LogP contribution in [-0.4, -0.2) is 31.6 Å². The van der Waals surface area contributed by atoms with Crippen molar-refractivity contribution in [3.05, 3.63) is 35.4 Å². The van der Waals surface area contributed by atoms with E-state index in [9.17, 15) is 4.79 Å². The van der Waals surface area contributed by atoms with Crippen LogP contribution in [0, 0.1) is 0 Å². The first-order valence-corrected chi connectivity index (χ1v) is 6.25. The van der Waals surface area contributed by atoms with Crippen LogP contribution in [0.4, 0.5) is 0 Å². The smallest absolute Gasteiger partial charge is 0.248 e. The molecule has 1 aliphatic rings. The fourth-order valence-corrected chi connectivity index (χ4v) is 2.07. The van der Waals surface area contributed by atoms with Crippen LogP contribution in [0.2, 0.25) is 0 Å². The lowest BCUT2D eigenvalue weighted by Crippen LogP contribution is -2.35. The van der Waals surface area contributed by atoms with Gasteiger partial charge in [-0.1, -0.05) is 12.1 Å². The molecule has 1 aromatic carbocycles. The van der Waals surface area contributed by atoms with E-state index in [1.54, 1.807) is 18.2 Å². The molecule has 0 aliphatic carbocycles. The average molecular weight is 262 g/mol. The summed E-state index contributed by atoms with van der Waals surface area (Å²) in [7, 11) is 0. The summed E-state index contributed by atoms with van der Waals surface area (Å²) in [4.78, 5) is 15.8. The summed E-state index contributed by atoms with van der Waals surface area (Å²) < 4.78 is 10.9. The number of aliphatic imine (C=N–C) groups is 1. The summed E-state index contributed by atoms with van der Waals surface area (Å²) in [6, 6.07) is 7.15. The van der Waals surface area contributed by atoms with E-state index in [-0.39, 0.29) is 0 Å². The van der Waals surface area contributed by atoms with E-state index in [0.717, 1.165) is 5.56 Å². The summed E-state index contributed by atoms with van der Waals surface area (Å²) in [6.45, 7) is 5.25. The van der Waals surface area contributed by atoms with Crippen LogP contribution in [-0.2, 0) is 15.0 Å². The molecule has 0 saturated carbocycles. The molecule has 1 amide bonds. The highest BCUT2D eigenvalue weighted by atomic mass is 16.5. The second-order valence-corrected chi connectivity index (χ2v) is 4.65. The molecule has 0 saturated heterocycles. The van der Waals surface area contributed by atoms with Crippen LogP contribution in [0.1, 0.15) is 29.8 Å².